The summed E-state index contributed by atoms with van der Waals surface area (Å²) in [6.07, 6.45) is 0.970. The van der Waals surface area contributed by atoms with Crippen LogP contribution in [0.25, 0.3) is 0 Å². The second kappa shape index (κ2) is 10.2. The van der Waals surface area contributed by atoms with E-state index in [1.165, 1.54) is 11.8 Å². The van der Waals surface area contributed by atoms with E-state index in [1.807, 2.05) is 13.8 Å². The number of carboxylic acid groups (broad SMARTS) is 1. The molecule has 6 nitrogen and oxygen atoms in total. The highest BCUT2D eigenvalue weighted by Crippen LogP contribution is 2.01. The standard InChI is InChI=1S/C11H22N2O4S/c1-8(2)17-5-3-4-13-10(14)7-18-6-9(12)11(15)16/h8-9H,3-7,12H2,1-2H3,(H,13,14)(H,15,16)/t9-/m0/s1. The Bertz CT molecular complexity index is 261. The maximum atomic E-state index is 11.3. The second-order valence-electron chi connectivity index (χ2n) is 4.08. The molecule has 0 unspecified atom stereocenters. The van der Waals surface area contributed by atoms with E-state index in [4.69, 9.17) is 15.6 Å². The lowest BCUT2D eigenvalue weighted by molar-refractivity contribution is -0.138. The molecule has 0 radical (unpaired) electrons. The van der Waals surface area contributed by atoms with Gasteiger partial charge in [-0.1, -0.05) is 0 Å². The zero-order chi connectivity index (χ0) is 14.0. The first-order valence-corrected chi connectivity index (χ1v) is 7.03. The first-order valence-electron chi connectivity index (χ1n) is 5.88. The number of nitrogens with one attached hydrogen (secondary N) is 1. The summed E-state index contributed by atoms with van der Waals surface area (Å²) < 4.78 is 5.32. The fourth-order valence-corrected chi connectivity index (χ4v) is 1.82. The number of thioether (sulfide) groups is 1. The zero-order valence-electron chi connectivity index (χ0n) is 10.8. The molecule has 0 aromatic rings. The maximum Gasteiger partial charge on any atom is 0.321 e. The summed E-state index contributed by atoms with van der Waals surface area (Å²) in [5, 5.41) is 11.3. The van der Waals surface area contributed by atoms with Crippen LogP contribution in [0.1, 0.15) is 20.3 Å². The lowest BCUT2D eigenvalue weighted by atomic mass is 10.4. The van der Waals surface area contributed by atoms with Crippen molar-refractivity contribution in [3.8, 4) is 0 Å². The summed E-state index contributed by atoms with van der Waals surface area (Å²) >= 11 is 1.22. The number of rotatable bonds is 10. The summed E-state index contributed by atoms with van der Waals surface area (Å²) in [5.41, 5.74) is 5.30. The third-order valence-corrected chi connectivity index (χ3v) is 3.00. The Morgan fingerprint density at radius 3 is 2.67 bits per heavy atom. The molecule has 0 saturated heterocycles. The largest absolute Gasteiger partial charge is 0.480 e. The highest BCUT2D eigenvalue weighted by atomic mass is 32.2. The normalized spacial score (nSPS) is 12.4. The van der Waals surface area contributed by atoms with Gasteiger partial charge < -0.3 is 20.9 Å². The van der Waals surface area contributed by atoms with Gasteiger partial charge in [-0.15, -0.1) is 11.8 Å². The summed E-state index contributed by atoms with van der Waals surface area (Å²) in [6.45, 7) is 5.11. The number of carboxylic acids is 1. The Hall–Kier alpha value is -0.790. The van der Waals surface area contributed by atoms with E-state index in [1.54, 1.807) is 0 Å². The quantitative estimate of drug-likeness (QED) is 0.489. The van der Waals surface area contributed by atoms with Crippen molar-refractivity contribution >= 4 is 23.6 Å². The van der Waals surface area contributed by atoms with Crippen molar-refractivity contribution in [2.24, 2.45) is 5.73 Å². The van der Waals surface area contributed by atoms with Crippen LogP contribution in [0.3, 0.4) is 0 Å². The highest BCUT2D eigenvalue weighted by molar-refractivity contribution is 8.00. The molecule has 0 aliphatic heterocycles. The third-order valence-electron chi connectivity index (χ3n) is 1.94. The monoisotopic (exact) mass is 278 g/mol. The first kappa shape index (κ1) is 17.2. The molecular formula is C11H22N2O4S. The minimum atomic E-state index is -1.05. The Morgan fingerprint density at radius 2 is 2.11 bits per heavy atom. The van der Waals surface area contributed by atoms with Crippen LogP contribution in [-0.2, 0) is 14.3 Å². The average Bonchev–Trinajstić information content (AvgIpc) is 2.27. The average molecular weight is 278 g/mol. The minimum absolute atomic E-state index is 0.109. The molecule has 0 aliphatic carbocycles. The number of carbonyl (C=O) groups is 2. The number of nitrogens with two attached hydrogens (primary N) is 1. The Kier molecular flexibility index (Phi) is 9.72. The van der Waals surface area contributed by atoms with E-state index in [9.17, 15) is 9.59 Å². The van der Waals surface area contributed by atoms with Crippen LogP contribution < -0.4 is 11.1 Å². The van der Waals surface area contributed by atoms with Crippen molar-refractivity contribution in [2.45, 2.75) is 32.4 Å². The maximum absolute atomic E-state index is 11.3. The Morgan fingerprint density at radius 1 is 1.44 bits per heavy atom. The van der Waals surface area contributed by atoms with Gasteiger partial charge in [-0.3, -0.25) is 9.59 Å². The molecule has 1 atom stereocenters. The van der Waals surface area contributed by atoms with Crippen LogP contribution in [0.4, 0.5) is 0 Å². The summed E-state index contributed by atoms with van der Waals surface area (Å²) in [6, 6.07) is -0.915. The molecule has 106 valence electrons. The Labute approximate surface area is 112 Å². The van der Waals surface area contributed by atoms with Gasteiger partial charge >= 0.3 is 5.97 Å². The van der Waals surface area contributed by atoms with Gasteiger partial charge in [-0.05, 0) is 20.3 Å². The molecule has 7 heteroatoms. The van der Waals surface area contributed by atoms with E-state index < -0.39 is 12.0 Å². The van der Waals surface area contributed by atoms with Gasteiger partial charge in [0.2, 0.25) is 5.91 Å². The number of hydrogen-bond acceptors (Lipinski definition) is 5. The lowest BCUT2D eigenvalue weighted by Gasteiger charge is -2.09. The number of carbonyl (C=O) groups excluding carboxylic acids is 1. The molecule has 0 fully saturated rings. The number of hydrogen-bond donors (Lipinski definition) is 3. The third kappa shape index (κ3) is 10.4. The smallest absolute Gasteiger partial charge is 0.321 e. The fourth-order valence-electron chi connectivity index (χ4n) is 1.02. The van der Waals surface area contributed by atoms with Gasteiger partial charge in [0.15, 0.2) is 0 Å². The summed E-state index contributed by atoms with van der Waals surface area (Å²) in [5.74, 6) is -0.693. The second-order valence-corrected chi connectivity index (χ2v) is 5.11. The molecule has 0 aliphatic rings. The molecule has 0 aromatic heterocycles. The van der Waals surface area contributed by atoms with E-state index >= 15 is 0 Å². The van der Waals surface area contributed by atoms with Crippen LogP contribution in [-0.4, -0.2) is 53.8 Å². The van der Waals surface area contributed by atoms with Crippen LogP contribution in [0.5, 0.6) is 0 Å². The van der Waals surface area contributed by atoms with Gasteiger partial charge in [0.1, 0.15) is 6.04 Å². The lowest BCUT2D eigenvalue weighted by Crippen LogP contribution is -2.33. The van der Waals surface area contributed by atoms with Crippen LogP contribution in [0.2, 0.25) is 0 Å². The Balaban J connectivity index is 3.41. The summed E-state index contributed by atoms with van der Waals surface area (Å²) in [4.78, 5) is 21.8. The molecule has 0 rings (SSSR count). The molecular weight excluding hydrogens is 256 g/mol. The fraction of sp³-hybridized carbons (Fsp3) is 0.818. The first-order chi connectivity index (χ1) is 8.43. The summed E-state index contributed by atoms with van der Waals surface area (Å²) in [7, 11) is 0. The molecule has 0 heterocycles. The molecule has 0 bridgehead atoms. The van der Waals surface area contributed by atoms with Crippen molar-refractivity contribution in [3.05, 3.63) is 0 Å². The van der Waals surface area contributed by atoms with Crippen molar-refractivity contribution in [3.63, 3.8) is 0 Å². The predicted octanol–water partition coefficient (Wildman–Crippen LogP) is 0.0628. The SMILES string of the molecule is CC(C)OCCCNC(=O)CSC[C@H](N)C(=O)O. The van der Waals surface area contributed by atoms with E-state index in [-0.39, 0.29) is 23.5 Å². The number of aliphatic carboxylic acids is 1. The molecule has 4 N–H and O–H groups in total. The van der Waals surface area contributed by atoms with E-state index in [2.05, 4.69) is 5.32 Å². The van der Waals surface area contributed by atoms with Gasteiger partial charge in [0, 0.05) is 18.9 Å². The molecule has 1 amide bonds. The van der Waals surface area contributed by atoms with Crippen molar-refractivity contribution in [2.75, 3.05) is 24.7 Å². The molecule has 0 spiro atoms. The molecule has 18 heavy (non-hydrogen) atoms. The van der Waals surface area contributed by atoms with Crippen LogP contribution in [0, 0.1) is 0 Å². The van der Waals surface area contributed by atoms with E-state index in [0.29, 0.717) is 13.2 Å². The molecule has 0 saturated carbocycles. The van der Waals surface area contributed by atoms with Crippen molar-refractivity contribution < 1.29 is 19.4 Å². The topological polar surface area (TPSA) is 102 Å². The minimum Gasteiger partial charge on any atom is -0.480 e. The molecule has 0 aromatic carbocycles. The number of amides is 1. The van der Waals surface area contributed by atoms with Crippen molar-refractivity contribution in [1.29, 1.82) is 0 Å². The van der Waals surface area contributed by atoms with Crippen LogP contribution in [0.15, 0.2) is 0 Å². The van der Waals surface area contributed by atoms with Gasteiger partial charge in [0.05, 0.1) is 11.9 Å². The van der Waals surface area contributed by atoms with E-state index in [0.717, 1.165) is 6.42 Å². The van der Waals surface area contributed by atoms with Gasteiger partial charge in [-0.25, -0.2) is 0 Å². The predicted molar refractivity (Wildman–Crippen MR) is 71.7 cm³/mol. The van der Waals surface area contributed by atoms with Gasteiger partial charge in [-0.2, -0.15) is 0 Å². The zero-order valence-corrected chi connectivity index (χ0v) is 11.7. The number of ether oxygens (including phenoxy) is 1. The highest BCUT2D eigenvalue weighted by Gasteiger charge is 2.11. The van der Waals surface area contributed by atoms with Crippen molar-refractivity contribution in [1.82, 2.24) is 5.32 Å². The van der Waals surface area contributed by atoms with Crippen LogP contribution >= 0.6 is 11.8 Å². The van der Waals surface area contributed by atoms with Gasteiger partial charge in [0.25, 0.3) is 0 Å².